The summed E-state index contributed by atoms with van der Waals surface area (Å²) < 4.78 is 1.84. The standard InChI is InChI=1S/C11H18N2O/c1-8-10(3-4-11(8)14)5-9-6-12-13(2)7-9/h6-8,10-11,14H,3-5H2,1-2H3. The summed E-state index contributed by atoms with van der Waals surface area (Å²) in [7, 11) is 1.94. The van der Waals surface area contributed by atoms with Gasteiger partial charge in [0.25, 0.3) is 0 Å². The van der Waals surface area contributed by atoms with Crippen LogP contribution in [0.15, 0.2) is 12.4 Å². The first-order valence-electron chi connectivity index (χ1n) is 5.32. The summed E-state index contributed by atoms with van der Waals surface area (Å²) in [5.74, 6) is 1.07. The van der Waals surface area contributed by atoms with E-state index >= 15 is 0 Å². The van der Waals surface area contributed by atoms with Gasteiger partial charge in [0.05, 0.1) is 12.3 Å². The Morgan fingerprint density at radius 3 is 2.86 bits per heavy atom. The highest BCUT2D eigenvalue weighted by atomic mass is 16.3. The lowest BCUT2D eigenvalue weighted by molar-refractivity contribution is 0.127. The van der Waals surface area contributed by atoms with Crippen LogP contribution in [-0.4, -0.2) is 21.0 Å². The van der Waals surface area contributed by atoms with E-state index in [1.165, 1.54) is 5.56 Å². The molecule has 14 heavy (non-hydrogen) atoms. The largest absolute Gasteiger partial charge is 0.393 e. The van der Waals surface area contributed by atoms with Crippen molar-refractivity contribution in [3.63, 3.8) is 0 Å². The number of aryl methyl sites for hydroxylation is 1. The van der Waals surface area contributed by atoms with E-state index in [0.717, 1.165) is 19.3 Å². The molecule has 3 nitrogen and oxygen atoms in total. The van der Waals surface area contributed by atoms with Crippen molar-refractivity contribution in [3.05, 3.63) is 18.0 Å². The zero-order chi connectivity index (χ0) is 10.1. The fourth-order valence-corrected chi connectivity index (χ4v) is 2.39. The van der Waals surface area contributed by atoms with Gasteiger partial charge in [-0.1, -0.05) is 6.92 Å². The third kappa shape index (κ3) is 1.82. The lowest BCUT2D eigenvalue weighted by Crippen LogP contribution is -2.16. The molecule has 1 saturated carbocycles. The molecule has 78 valence electrons. The summed E-state index contributed by atoms with van der Waals surface area (Å²) in [5, 5.41) is 13.8. The van der Waals surface area contributed by atoms with Crippen LogP contribution in [-0.2, 0) is 13.5 Å². The minimum atomic E-state index is -0.0864. The van der Waals surface area contributed by atoms with Gasteiger partial charge in [-0.15, -0.1) is 0 Å². The second-order valence-electron chi connectivity index (χ2n) is 4.49. The Labute approximate surface area is 84.7 Å². The monoisotopic (exact) mass is 194 g/mol. The molecule has 2 rings (SSSR count). The maximum absolute atomic E-state index is 9.63. The molecule has 1 aliphatic carbocycles. The molecule has 1 aliphatic rings. The van der Waals surface area contributed by atoms with Crippen molar-refractivity contribution in [1.29, 1.82) is 0 Å². The van der Waals surface area contributed by atoms with E-state index in [4.69, 9.17) is 0 Å². The number of hydrogen-bond donors (Lipinski definition) is 1. The number of aliphatic hydroxyl groups is 1. The van der Waals surface area contributed by atoms with Crippen LogP contribution in [0.5, 0.6) is 0 Å². The first-order valence-corrected chi connectivity index (χ1v) is 5.32. The number of rotatable bonds is 2. The molecule has 0 saturated heterocycles. The van der Waals surface area contributed by atoms with E-state index in [1.54, 1.807) is 0 Å². The lowest BCUT2D eigenvalue weighted by Gasteiger charge is -2.16. The Balaban J connectivity index is 1.98. The molecule has 0 spiro atoms. The zero-order valence-electron chi connectivity index (χ0n) is 8.85. The Hall–Kier alpha value is -0.830. The minimum Gasteiger partial charge on any atom is -0.393 e. The number of aliphatic hydroxyl groups excluding tert-OH is 1. The highest BCUT2D eigenvalue weighted by molar-refractivity contribution is 5.06. The van der Waals surface area contributed by atoms with E-state index in [0.29, 0.717) is 11.8 Å². The highest BCUT2D eigenvalue weighted by Gasteiger charge is 2.31. The minimum absolute atomic E-state index is 0.0864. The van der Waals surface area contributed by atoms with Gasteiger partial charge in [-0.3, -0.25) is 4.68 Å². The maximum atomic E-state index is 9.63. The van der Waals surface area contributed by atoms with Crippen LogP contribution in [0, 0.1) is 11.8 Å². The molecule has 1 N–H and O–H groups in total. The predicted molar refractivity (Wildman–Crippen MR) is 54.8 cm³/mol. The zero-order valence-corrected chi connectivity index (χ0v) is 8.85. The van der Waals surface area contributed by atoms with Gasteiger partial charge in [-0.05, 0) is 36.7 Å². The van der Waals surface area contributed by atoms with Crippen molar-refractivity contribution in [2.45, 2.75) is 32.3 Å². The maximum Gasteiger partial charge on any atom is 0.0568 e. The molecular formula is C11H18N2O. The topological polar surface area (TPSA) is 38.1 Å². The van der Waals surface area contributed by atoms with E-state index in [-0.39, 0.29) is 6.10 Å². The molecule has 1 aromatic rings. The molecule has 0 radical (unpaired) electrons. The van der Waals surface area contributed by atoms with Crippen LogP contribution in [0.4, 0.5) is 0 Å². The summed E-state index contributed by atoms with van der Waals surface area (Å²) in [5.41, 5.74) is 1.29. The predicted octanol–water partition coefficient (Wildman–Crippen LogP) is 1.37. The van der Waals surface area contributed by atoms with Crippen LogP contribution in [0.2, 0.25) is 0 Å². The van der Waals surface area contributed by atoms with Gasteiger partial charge in [0.1, 0.15) is 0 Å². The molecule has 1 aromatic heterocycles. The quantitative estimate of drug-likeness (QED) is 0.772. The van der Waals surface area contributed by atoms with Gasteiger partial charge in [-0.2, -0.15) is 5.10 Å². The van der Waals surface area contributed by atoms with E-state index in [2.05, 4.69) is 18.2 Å². The van der Waals surface area contributed by atoms with Crippen LogP contribution in [0.25, 0.3) is 0 Å². The Kier molecular flexibility index (Phi) is 2.59. The highest BCUT2D eigenvalue weighted by Crippen LogP contribution is 2.33. The van der Waals surface area contributed by atoms with Crippen molar-refractivity contribution in [3.8, 4) is 0 Å². The third-order valence-corrected chi connectivity index (χ3v) is 3.44. The normalized spacial score (nSPS) is 32.4. The first-order chi connectivity index (χ1) is 6.66. The van der Waals surface area contributed by atoms with Crippen molar-refractivity contribution in [2.24, 2.45) is 18.9 Å². The molecular weight excluding hydrogens is 176 g/mol. The van der Waals surface area contributed by atoms with Crippen molar-refractivity contribution in [2.75, 3.05) is 0 Å². The molecule has 1 heterocycles. The molecule has 0 bridgehead atoms. The van der Waals surface area contributed by atoms with Crippen molar-refractivity contribution < 1.29 is 5.11 Å². The summed E-state index contributed by atoms with van der Waals surface area (Å²) >= 11 is 0. The average molecular weight is 194 g/mol. The summed E-state index contributed by atoms with van der Waals surface area (Å²) in [4.78, 5) is 0. The first kappa shape index (κ1) is 9.71. The van der Waals surface area contributed by atoms with E-state index in [9.17, 15) is 5.11 Å². The lowest BCUT2D eigenvalue weighted by atomic mass is 9.91. The van der Waals surface area contributed by atoms with Crippen LogP contribution >= 0.6 is 0 Å². The Morgan fingerprint density at radius 1 is 1.57 bits per heavy atom. The second kappa shape index (κ2) is 3.73. The molecule has 3 atom stereocenters. The summed E-state index contributed by atoms with van der Waals surface area (Å²) in [6, 6.07) is 0. The molecule has 0 aromatic carbocycles. The van der Waals surface area contributed by atoms with Gasteiger partial charge in [-0.25, -0.2) is 0 Å². The van der Waals surface area contributed by atoms with Crippen molar-refractivity contribution >= 4 is 0 Å². The van der Waals surface area contributed by atoms with Crippen molar-refractivity contribution in [1.82, 2.24) is 9.78 Å². The third-order valence-electron chi connectivity index (χ3n) is 3.44. The molecule has 3 heteroatoms. The smallest absolute Gasteiger partial charge is 0.0568 e. The molecule has 0 amide bonds. The molecule has 1 fully saturated rings. The van der Waals surface area contributed by atoms with Crippen LogP contribution < -0.4 is 0 Å². The van der Waals surface area contributed by atoms with Gasteiger partial charge >= 0.3 is 0 Å². The SMILES string of the molecule is CC1C(O)CCC1Cc1cnn(C)c1. The van der Waals surface area contributed by atoms with Gasteiger partial charge in [0.15, 0.2) is 0 Å². The second-order valence-corrected chi connectivity index (χ2v) is 4.49. The van der Waals surface area contributed by atoms with E-state index in [1.807, 2.05) is 17.9 Å². The van der Waals surface area contributed by atoms with E-state index < -0.39 is 0 Å². The number of aromatic nitrogens is 2. The number of nitrogens with zero attached hydrogens (tertiary/aromatic N) is 2. The Morgan fingerprint density at radius 2 is 2.36 bits per heavy atom. The fraction of sp³-hybridized carbons (Fsp3) is 0.727. The molecule has 3 unspecified atom stereocenters. The average Bonchev–Trinajstić information content (AvgIpc) is 2.67. The van der Waals surface area contributed by atoms with Crippen LogP contribution in [0.1, 0.15) is 25.3 Å². The van der Waals surface area contributed by atoms with Gasteiger partial charge < -0.3 is 5.11 Å². The number of hydrogen-bond acceptors (Lipinski definition) is 2. The summed E-state index contributed by atoms with van der Waals surface area (Å²) in [6.45, 7) is 2.15. The summed E-state index contributed by atoms with van der Waals surface area (Å²) in [6.07, 6.45) is 7.08. The van der Waals surface area contributed by atoms with Crippen LogP contribution in [0.3, 0.4) is 0 Å². The fourth-order valence-electron chi connectivity index (χ4n) is 2.39. The van der Waals surface area contributed by atoms with Gasteiger partial charge in [0.2, 0.25) is 0 Å². The Bertz CT molecular complexity index is 308. The van der Waals surface area contributed by atoms with Gasteiger partial charge in [0, 0.05) is 13.2 Å². The molecule has 0 aliphatic heterocycles.